The van der Waals surface area contributed by atoms with Gasteiger partial charge in [-0.25, -0.2) is 0 Å². The fraction of sp³-hybridized carbons (Fsp3) is 0.667. The van der Waals surface area contributed by atoms with E-state index in [1.54, 1.807) is 17.8 Å². The molecule has 0 unspecified atom stereocenters. The fourth-order valence-corrected chi connectivity index (χ4v) is 3.58. The Hall–Kier alpha value is -1.08. The predicted molar refractivity (Wildman–Crippen MR) is 96.4 cm³/mol. The largest absolute Gasteiger partial charge is 0.363 e. The third-order valence-corrected chi connectivity index (χ3v) is 4.81. The van der Waals surface area contributed by atoms with Crippen LogP contribution < -0.4 is 10.6 Å². The van der Waals surface area contributed by atoms with Crippen LogP contribution in [0.5, 0.6) is 0 Å². The Labute approximate surface area is 142 Å². The van der Waals surface area contributed by atoms with Crippen LogP contribution in [0.2, 0.25) is 0 Å². The quantitative estimate of drug-likeness (QED) is 0.329. The normalized spacial score (nSPS) is 15.0. The van der Waals surface area contributed by atoms with Gasteiger partial charge in [0, 0.05) is 25.6 Å². The van der Waals surface area contributed by atoms with E-state index in [0.29, 0.717) is 17.7 Å². The van der Waals surface area contributed by atoms with E-state index in [1.807, 2.05) is 0 Å². The summed E-state index contributed by atoms with van der Waals surface area (Å²) >= 11 is 6.87. The Morgan fingerprint density at radius 2 is 2.18 bits per heavy atom. The Balaban J connectivity index is 1.83. The summed E-state index contributed by atoms with van der Waals surface area (Å²) in [5.74, 6) is 1.11. The summed E-state index contributed by atoms with van der Waals surface area (Å²) in [6.07, 6.45) is 10.9. The second-order valence-corrected chi connectivity index (χ2v) is 6.62. The molecule has 0 bridgehead atoms. The number of aryl methyl sites for hydroxylation is 1. The van der Waals surface area contributed by atoms with Gasteiger partial charge in [0.1, 0.15) is 5.82 Å². The zero-order chi connectivity index (χ0) is 15.8. The highest BCUT2D eigenvalue weighted by molar-refractivity contribution is 7.98. The number of rotatable bonds is 8. The van der Waals surface area contributed by atoms with Gasteiger partial charge in [0.15, 0.2) is 10.3 Å². The van der Waals surface area contributed by atoms with E-state index in [1.165, 1.54) is 25.7 Å². The number of hydrogen-bond acceptors (Lipinski definition) is 4. The van der Waals surface area contributed by atoms with Gasteiger partial charge in [0.05, 0.1) is 0 Å². The summed E-state index contributed by atoms with van der Waals surface area (Å²) in [5.41, 5.74) is 0. The molecule has 5 nitrogen and oxygen atoms in total. The maximum absolute atomic E-state index is 5.18. The first-order chi connectivity index (χ1) is 10.8. The van der Waals surface area contributed by atoms with Gasteiger partial charge in [0.25, 0.3) is 0 Å². The van der Waals surface area contributed by atoms with E-state index in [9.17, 15) is 0 Å². The van der Waals surface area contributed by atoms with E-state index in [4.69, 9.17) is 12.2 Å². The lowest BCUT2D eigenvalue weighted by molar-refractivity contribution is 0.460. The summed E-state index contributed by atoms with van der Waals surface area (Å²) in [7, 11) is 0. The molecule has 1 heterocycles. The first kappa shape index (κ1) is 17.3. The molecule has 0 amide bonds. The van der Waals surface area contributed by atoms with Crippen molar-refractivity contribution in [2.24, 2.45) is 0 Å². The molecule has 1 fully saturated rings. The van der Waals surface area contributed by atoms with Crippen molar-refractivity contribution < 1.29 is 0 Å². The van der Waals surface area contributed by atoms with Crippen LogP contribution in [0.1, 0.15) is 44.0 Å². The van der Waals surface area contributed by atoms with Gasteiger partial charge >= 0.3 is 0 Å². The minimum Gasteiger partial charge on any atom is -0.363 e. The number of thioether (sulfide) groups is 1. The van der Waals surface area contributed by atoms with Crippen molar-refractivity contribution >= 4 is 29.1 Å². The highest BCUT2D eigenvalue weighted by Gasteiger charge is 2.23. The standard InChI is InChI=1S/C15H25N5S2/c1-3-10-16-14(21)17-11-6-9-13-18-19-15(22-2)20(13)12-7-4-5-8-12/h3,12H,1,4-11H2,2H3,(H2,16,17,21). The Kier molecular flexibility index (Phi) is 7.18. The summed E-state index contributed by atoms with van der Waals surface area (Å²) < 4.78 is 2.37. The van der Waals surface area contributed by atoms with Crippen molar-refractivity contribution in [3.63, 3.8) is 0 Å². The fourth-order valence-electron chi connectivity index (χ4n) is 2.82. The van der Waals surface area contributed by atoms with Crippen molar-refractivity contribution in [2.75, 3.05) is 19.3 Å². The van der Waals surface area contributed by atoms with E-state index >= 15 is 0 Å². The average molecular weight is 340 g/mol. The van der Waals surface area contributed by atoms with E-state index in [-0.39, 0.29) is 0 Å². The van der Waals surface area contributed by atoms with Crippen molar-refractivity contribution in [1.82, 2.24) is 25.4 Å². The number of aromatic nitrogens is 3. The molecular formula is C15H25N5S2. The first-order valence-corrected chi connectivity index (χ1v) is 9.50. The van der Waals surface area contributed by atoms with Gasteiger partial charge in [-0.05, 0) is 37.7 Å². The summed E-state index contributed by atoms with van der Waals surface area (Å²) in [6, 6.07) is 0.593. The molecule has 1 saturated carbocycles. The van der Waals surface area contributed by atoms with Gasteiger partial charge in [-0.3, -0.25) is 0 Å². The molecular weight excluding hydrogens is 314 g/mol. The number of nitrogens with one attached hydrogen (secondary N) is 2. The lowest BCUT2D eigenvalue weighted by atomic mass is 10.2. The van der Waals surface area contributed by atoms with Crippen molar-refractivity contribution in [1.29, 1.82) is 0 Å². The molecule has 0 spiro atoms. The van der Waals surface area contributed by atoms with Crippen LogP contribution >= 0.6 is 24.0 Å². The Morgan fingerprint density at radius 1 is 1.41 bits per heavy atom. The number of nitrogens with zero attached hydrogens (tertiary/aromatic N) is 3. The van der Waals surface area contributed by atoms with Gasteiger partial charge in [0.2, 0.25) is 0 Å². The van der Waals surface area contributed by atoms with Crippen LogP contribution in [0.15, 0.2) is 17.8 Å². The molecule has 0 radical (unpaired) electrons. The number of hydrogen-bond donors (Lipinski definition) is 2. The molecule has 1 aromatic rings. The molecule has 2 N–H and O–H groups in total. The summed E-state index contributed by atoms with van der Waals surface area (Å²) in [6.45, 7) is 5.19. The lowest BCUT2D eigenvalue weighted by Gasteiger charge is -2.16. The highest BCUT2D eigenvalue weighted by atomic mass is 32.2. The predicted octanol–water partition coefficient (Wildman–Crippen LogP) is 2.70. The maximum atomic E-state index is 5.18. The molecule has 1 aliphatic carbocycles. The van der Waals surface area contributed by atoms with E-state index in [0.717, 1.165) is 30.4 Å². The highest BCUT2D eigenvalue weighted by Crippen LogP contribution is 2.33. The number of thiocarbonyl (C=S) groups is 1. The lowest BCUT2D eigenvalue weighted by Crippen LogP contribution is -2.35. The topological polar surface area (TPSA) is 54.8 Å². The van der Waals surface area contributed by atoms with Crippen LogP contribution in [0.3, 0.4) is 0 Å². The second-order valence-electron chi connectivity index (χ2n) is 5.44. The molecule has 0 saturated heterocycles. The summed E-state index contributed by atoms with van der Waals surface area (Å²) in [4.78, 5) is 0. The molecule has 2 rings (SSSR count). The third-order valence-electron chi connectivity index (χ3n) is 3.88. The van der Waals surface area contributed by atoms with Crippen molar-refractivity contribution in [3.8, 4) is 0 Å². The molecule has 0 atom stereocenters. The zero-order valence-corrected chi connectivity index (χ0v) is 14.8. The average Bonchev–Trinajstić information content (AvgIpc) is 3.17. The maximum Gasteiger partial charge on any atom is 0.191 e. The van der Waals surface area contributed by atoms with Gasteiger partial charge in [-0.2, -0.15) is 0 Å². The SMILES string of the molecule is C=CCNC(=S)NCCCc1nnc(SC)n1C1CCCC1. The molecule has 1 aromatic heterocycles. The van der Waals surface area contributed by atoms with Crippen LogP contribution in [-0.2, 0) is 6.42 Å². The van der Waals surface area contributed by atoms with Gasteiger partial charge < -0.3 is 15.2 Å². The zero-order valence-electron chi connectivity index (χ0n) is 13.2. The Morgan fingerprint density at radius 3 is 2.86 bits per heavy atom. The van der Waals surface area contributed by atoms with E-state index in [2.05, 4.69) is 38.2 Å². The summed E-state index contributed by atoms with van der Waals surface area (Å²) in [5, 5.41) is 16.7. The van der Waals surface area contributed by atoms with Gasteiger partial charge in [-0.15, -0.1) is 16.8 Å². The second kappa shape index (κ2) is 9.15. The first-order valence-electron chi connectivity index (χ1n) is 7.86. The molecule has 7 heteroatoms. The van der Waals surface area contributed by atoms with Crippen LogP contribution in [-0.4, -0.2) is 39.2 Å². The van der Waals surface area contributed by atoms with Crippen molar-refractivity contribution in [2.45, 2.75) is 49.7 Å². The van der Waals surface area contributed by atoms with Crippen molar-refractivity contribution in [3.05, 3.63) is 18.5 Å². The molecule has 22 heavy (non-hydrogen) atoms. The van der Waals surface area contributed by atoms with Gasteiger partial charge in [-0.1, -0.05) is 30.7 Å². The Bertz CT molecular complexity index is 494. The monoisotopic (exact) mass is 339 g/mol. The van der Waals surface area contributed by atoms with Crippen LogP contribution in [0, 0.1) is 0 Å². The smallest absolute Gasteiger partial charge is 0.191 e. The molecule has 1 aliphatic rings. The molecule has 122 valence electrons. The minimum atomic E-state index is 0.593. The van der Waals surface area contributed by atoms with Crippen LogP contribution in [0.4, 0.5) is 0 Å². The third kappa shape index (κ3) is 4.71. The van der Waals surface area contributed by atoms with E-state index < -0.39 is 0 Å². The van der Waals surface area contributed by atoms with Crippen LogP contribution in [0.25, 0.3) is 0 Å². The molecule has 0 aliphatic heterocycles. The minimum absolute atomic E-state index is 0.593. The molecule has 0 aromatic carbocycles.